The number of rotatable bonds is 13. The highest BCUT2D eigenvalue weighted by molar-refractivity contribution is 7.21. The lowest BCUT2D eigenvalue weighted by atomic mass is 10.0. The summed E-state index contributed by atoms with van der Waals surface area (Å²) in [5, 5.41) is 0. The van der Waals surface area contributed by atoms with E-state index in [1.807, 2.05) is 103 Å². The molecule has 5 aromatic carbocycles. The fourth-order valence-corrected chi connectivity index (χ4v) is 12.0. The molecule has 0 unspecified atom stereocenters. The van der Waals surface area contributed by atoms with Gasteiger partial charge in [-0.2, -0.15) is 0 Å². The van der Waals surface area contributed by atoms with Crippen LogP contribution >= 0.6 is 45.3 Å². The van der Waals surface area contributed by atoms with E-state index in [1.54, 1.807) is 45.3 Å². The highest BCUT2D eigenvalue weighted by Crippen LogP contribution is 2.56. The van der Waals surface area contributed by atoms with Crippen molar-refractivity contribution in [3.8, 4) is 89.5 Å². The van der Waals surface area contributed by atoms with Gasteiger partial charge in [0.25, 0.3) is 0 Å². The Labute approximate surface area is 379 Å². The predicted octanol–water partition coefficient (Wildman–Crippen LogP) is 15.3. The first kappa shape index (κ1) is 40.0. The number of para-hydroxylation sites is 1. The number of carbonyl (C=O) groups is 4. The van der Waals surface area contributed by atoms with Gasteiger partial charge in [0.1, 0.15) is 25.1 Å². The van der Waals surface area contributed by atoms with Gasteiger partial charge in [0.05, 0.1) is 21.1 Å². The van der Waals surface area contributed by atoms with E-state index >= 15 is 0 Å². The Morgan fingerprint density at radius 1 is 0.286 bits per heavy atom. The van der Waals surface area contributed by atoms with E-state index in [9.17, 15) is 19.2 Å². The van der Waals surface area contributed by atoms with Crippen molar-refractivity contribution in [1.82, 2.24) is 4.57 Å². The molecule has 0 N–H and O–H groups in total. The molecule has 0 aliphatic rings. The zero-order chi connectivity index (χ0) is 42.9. The third-order valence-corrected chi connectivity index (χ3v) is 15.5. The zero-order valence-electron chi connectivity index (χ0n) is 33.3. The van der Waals surface area contributed by atoms with Crippen LogP contribution in [0.25, 0.3) is 89.5 Å². The Bertz CT molecular complexity index is 3070. The van der Waals surface area contributed by atoms with Gasteiger partial charge < -0.3 is 4.57 Å². The van der Waals surface area contributed by atoms with E-state index in [4.69, 9.17) is 0 Å². The quantitative estimate of drug-likeness (QED) is 0.108. The van der Waals surface area contributed by atoms with Crippen LogP contribution in [0.15, 0.2) is 176 Å². The van der Waals surface area contributed by atoms with Gasteiger partial charge in [-0.25, -0.2) is 0 Å². The molecule has 10 rings (SSSR count). The highest BCUT2D eigenvalue weighted by atomic mass is 32.1. The van der Waals surface area contributed by atoms with E-state index < -0.39 is 0 Å². The van der Waals surface area contributed by atoms with Crippen molar-refractivity contribution in [3.05, 3.63) is 198 Å². The molecule has 0 spiro atoms. The smallest absolute Gasteiger partial charge is 0.150 e. The zero-order valence-corrected chi connectivity index (χ0v) is 36.5. The first-order valence-corrected chi connectivity index (χ1v) is 23.3. The minimum atomic E-state index is 0.628. The van der Waals surface area contributed by atoms with Gasteiger partial charge in [-0.3, -0.25) is 19.2 Å². The van der Waals surface area contributed by atoms with Gasteiger partial charge in [-0.1, -0.05) is 115 Å². The monoisotopic (exact) mass is 887 g/mol. The van der Waals surface area contributed by atoms with E-state index in [0.29, 0.717) is 22.3 Å². The summed E-state index contributed by atoms with van der Waals surface area (Å²) in [6.45, 7) is 0. The van der Waals surface area contributed by atoms with Crippen molar-refractivity contribution in [1.29, 1.82) is 0 Å². The maximum absolute atomic E-state index is 11.6. The molecular formula is C54H33NO4S4. The van der Waals surface area contributed by atoms with Crippen molar-refractivity contribution >= 4 is 70.5 Å². The van der Waals surface area contributed by atoms with Gasteiger partial charge in [-0.15, -0.1) is 45.3 Å². The summed E-state index contributed by atoms with van der Waals surface area (Å²) in [6.07, 6.45) is 3.46. The number of aromatic nitrogens is 1. The second-order valence-corrected chi connectivity index (χ2v) is 19.1. The fraction of sp³-hybridized carbons (Fsp3) is 0. The maximum Gasteiger partial charge on any atom is 0.150 e. The molecule has 0 atom stereocenters. The molecular weight excluding hydrogens is 855 g/mol. The Morgan fingerprint density at radius 2 is 0.556 bits per heavy atom. The largest absolute Gasteiger partial charge is 0.306 e. The second-order valence-electron chi connectivity index (χ2n) is 14.7. The Kier molecular flexibility index (Phi) is 11.0. The van der Waals surface area contributed by atoms with Crippen LogP contribution in [0.5, 0.6) is 0 Å². The molecule has 5 aromatic heterocycles. The average molecular weight is 888 g/mol. The van der Waals surface area contributed by atoms with Crippen LogP contribution in [0.3, 0.4) is 0 Å². The molecule has 9 heteroatoms. The van der Waals surface area contributed by atoms with Gasteiger partial charge in [0, 0.05) is 68.3 Å². The number of benzene rings is 5. The number of carbonyl (C=O) groups excluding carboxylic acids is 4. The van der Waals surface area contributed by atoms with Gasteiger partial charge >= 0.3 is 0 Å². The Balaban J connectivity index is 1.28. The van der Waals surface area contributed by atoms with Crippen molar-refractivity contribution in [2.75, 3.05) is 0 Å². The van der Waals surface area contributed by atoms with Crippen LogP contribution in [0, 0.1) is 0 Å². The fourth-order valence-electron chi connectivity index (χ4n) is 7.75. The lowest BCUT2D eigenvalue weighted by Crippen LogP contribution is -1.98. The Morgan fingerprint density at radius 3 is 0.857 bits per heavy atom. The number of hydrogen-bond acceptors (Lipinski definition) is 8. The predicted molar refractivity (Wildman–Crippen MR) is 262 cm³/mol. The third-order valence-electron chi connectivity index (χ3n) is 10.9. The molecule has 5 heterocycles. The van der Waals surface area contributed by atoms with Crippen LogP contribution in [0.2, 0.25) is 0 Å². The van der Waals surface area contributed by atoms with E-state index in [0.717, 1.165) is 115 Å². The molecule has 0 aliphatic carbocycles. The number of aldehydes is 4. The molecule has 0 aliphatic heterocycles. The summed E-state index contributed by atoms with van der Waals surface area (Å²) < 4.78 is 2.41. The molecule has 0 bridgehead atoms. The molecule has 0 saturated carbocycles. The summed E-state index contributed by atoms with van der Waals surface area (Å²) in [4.78, 5) is 54.9. The summed E-state index contributed by atoms with van der Waals surface area (Å²) in [5.41, 5.74) is 11.9. The first-order chi connectivity index (χ1) is 31.0. The summed E-state index contributed by atoms with van der Waals surface area (Å²) in [6, 6.07) is 58.8. The van der Waals surface area contributed by atoms with Gasteiger partial charge in [-0.05, 0) is 82.9 Å². The molecule has 0 saturated heterocycles. The number of thiophene rings is 4. The standard InChI is InChI=1S/C54H33NO4S4/c56-30-34-6-14-38(15-7-34)43-22-26-47(60-43)51-52(48-27-23-44(61-48)39-16-8-35(31-57)9-17-39)54(50-29-25-46(63-50)41-20-12-37(33-59)13-21-41)55(42-4-2-1-3-5-42)53(51)49-28-24-45(62-49)40-18-10-36(32-58)11-19-40/h1-33H. The van der Waals surface area contributed by atoms with Crippen molar-refractivity contribution in [2.45, 2.75) is 0 Å². The van der Waals surface area contributed by atoms with Crippen molar-refractivity contribution in [3.63, 3.8) is 0 Å². The van der Waals surface area contributed by atoms with E-state index in [1.165, 1.54) is 0 Å². The lowest BCUT2D eigenvalue weighted by Gasteiger charge is -2.13. The molecule has 0 radical (unpaired) electrons. The summed E-state index contributed by atoms with van der Waals surface area (Å²) >= 11 is 6.86. The van der Waals surface area contributed by atoms with Crippen LogP contribution < -0.4 is 0 Å². The van der Waals surface area contributed by atoms with Crippen molar-refractivity contribution in [2.24, 2.45) is 0 Å². The van der Waals surface area contributed by atoms with E-state index in [-0.39, 0.29) is 0 Å². The van der Waals surface area contributed by atoms with Crippen LogP contribution in [-0.2, 0) is 0 Å². The molecule has 0 amide bonds. The minimum absolute atomic E-state index is 0.628. The minimum Gasteiger partial charge on any atom is -0.306 e. The first-order valence-electron chi connectivity index (χ1n) is 20.0. The molecule has 63 heavy (non-hydrogen) atoms. The molecule has 10 aromatic rings. The molecule has 0 fully saturated rings. The van der Waals surface area contributed by atoms with E-state index in [2.05, 4.69) is 77.4 Å². The topological polar surface area (TPSA) is 73.2 Å². The maximum atomic E-state index is 11.6. The molecule has 302 valence electrons. The summed E-state index contributed by atoms with van der Waals surface area (Å²) in [5.74, 6) is 0. The third kappa shape index (κ3) is 7.73. The van der Waals surface area contributed by atoms with Crippen molar-refractivity contribution < 1.29 is 19.2 Å². The second kappa shape index (κ2) is 17.3. The number of nitrogens with zero attached hydrogens (tertiary/aromatic N) is 1. The van der Waals surface area contributed by atoms with Crippen LogP contribution in [0.4, 0.5) is 0 Å². The number of hydrogen-bond donors (Lipinski definition) is 0. The average Bonchev–Trinajstić information content (AvgIpc) is 4.22. The summed E-state index contributed by atoms with van der Waals surface area (Å²) in [7, 11) is 0. The highest BCUT2D eigenvalue weighted by Gasteiger charge is 2.31. The Hall–Kier alpha value is -7.14. The molecule has 5 nitrogen and oxygen atoms in total. The van der Waals surface area contributed by atoms with Gasteiger partial charge in [0.15, 0.2) is 0 Å². The lowest BCUT2D eigenvalue weighted by molar-refractivity contribution is 0.111. The van der Waals surface area contributed by atoms with Crippen LogP contribution in [-0.4, -0.2) is 29.7 Å². The SMILES string of the molecule is O=Cc1ccc(-c2ccc(-c3c(-c4ccc(-c5ccc(C=O)cc5)s4)c(-c4ccc(-c5ccc(C=O)cc5)s4)n(-c4ccccc4)c3-c3ccc(-c4ccc(C=O)cc4)s3)s2)cc1. The van der Waals surface area contributed by atoms with Gasteiger partial charge in [0.2, 0.25) is 0 Å². The normalized spacial score (nSPS) is 11.1. The van der Waals surface area contributed by atoms with Crippen LogP contribution in [0.1, 0.15) is 41.4 Å².